The first kappa shape index (κ1) is 12.9. The Kier molecular flexibility index (Phi) is 4.25. The van der Waals surface area contributed by atoms with Gasteiger partial charge in [0.05, 0.1) is 0 Å². The molecule has 0 bridgehead atoms. The van der Waals surface area contributed by atoms with Crippen LogP contribution in [0, 0.1) is 5.92 Å². The molecule has 104 valence electrons. The molecule has 0 amide bonds. The number of rotatable bonds is 2. The van der Waals surface area contributed by atoms with Gasteiger partial charge in [-0.05, 0) is 70.9 Å². The minimum Gasteiger partial charge on any atom is -0.317 e. The van der Waals surface area contributed by atoms with Crippen LogP contribution in [0.1, 0.15) is 64.2 Å². The number of piperidine rings is 1. The standard InChI is InChI=1S/C16H30N2/c1-17-14-8-10-15(11-9-14)18-12-4-6-13-5-2-3-7-16(13)18/h13-17H,2-12H2,1H3. The second-order valence-electron chi connectivity index (χ2n) is 6.79. The van der Waals surface area contributed by atoms with Crippen molar-refractivity contribution in [3.8, 4) is 0 Å². The van der Waals surface area contributed by atoms with Crippen molar-refractivity contribution in [2.75, 3.05) is 13.6 Å². The molecule has 1 N–H and O–H groups in total. The first-order valence-electron chi connectivity index (χ1n) is 8.31. The number of hydrogen-bond acceptors (Lipinski definition) is 2. The van der Waals surface area contributed by atoms with Crippen LogP contribution in [0.5, 0.6) is 0 Å². The fourth-order valence-corrected chi connectivity index (χ4v) is 4.81. The summed E-state index contributed by atoms with van der Waals surface area (Å²) in [5.41, 5.74) is 0. The first-order chi connectivity index (χ1) is 8.88. The molecule has 0 spiro atoms. The molecule has 2 nitrogen and oxygen atoms in total. The first-order valence-corrected chi connectivity index (χ1v) is 8.31. The van der Waals surface area contributed by atoms with Gasteiger partial charge in [-0.15, -0.1) is 0 Å². The Bertz CT molecular complexity index is 256. The van der Waals surface area contributed by atoms with E-state index in [0.717, 1.165) is 24.0 Å². The summed E-state index contributed by atoms with van der Waals surface area (Å²) in [7, 11) is 2.13. The predicted molar refractivity (Wildman–Crippen MR) is 76.8 cm³/mol. The second-order valence-corrected chi connectivity index (χ2v) is 6.79. The third-order valence-electron chi connectivity index (χ3n) is 5.86. The van der Waals surface area contributed by atoms with Crippen molar-refractivity contribution in [1.29, 1.82) is 0 Å². The highest BCUT2D eigenvalue weighted by atomic mass is 15.2. The van der Waals surface area contributed by atoms with Gasteiger partial charge in [0.25, 0.3) is 0 Å². The topological polar surface area (TPSA) is 15.3 Å². The number of likely N-dealkylation sites (tertiary alicyclic amines) is 1. The summed E-state index contributed by atoms with van der Waals surface area (Å²) >= 11 is 0. The third kappa shape index (κ3) is 2.60. The molecular weight excluding hydrogens is 220 g/mol. The van der Waals surface area contributed by atoms with E-state index in [4.69, 9.17) is 0 Å². The zero-order chi connectivity index (χ0) is 12.4. The second kappa shape index (κ2) is 5.92. The van der Waals surface area contributed by atoms with Crippen LogP contribution in [0.15, 0.2) is 0 Å². The molecule has 2 heteroatoms. The smallest absolute Gasteiger partial charge is 0.0126 e. The van der Waals surface area contributed by atoms with Crippen LogP contribution < -0.4 is 5.32 Å². The zero-order valence-corrected chi connectivity index (χ0v) is 12.0. The lowest BCUT2D eigenvalue weighted by molar-refractivity contribution is 0.0104. The van der Waals surface area contributed by atoms with Gasteiger partial charge in [-0.2, -0.15) is 0 Å². The maximum absolute atomic E-state index is 3.47. The van der Waals surface area contributed by atoms with Crippen molar-refractivity contribution < 1.29 is 0 Å². The minimum absolute atomic E-state index is 0.799. The number of nitrogens with one attached hydrogen (secondary N) is 1. The lowest BCUT2D eigenvalue weighted by Crippen LogP contribution is -2.53. The zero-order valence-electron chi connectivity index (χ0n) is 12.0. The molecule has 1 saturated heterocycles. The fraction of sp³-hybridized carbons (Fsp3) is 1.00. The van der Waals surface area contributed by atoms with E-state index in [1.165, 1.54) is 70.8 Å². The fourth-order valence-electron chi connectivity index (χ4n) is 4.81. The molecule has 0 aromatic carbocycles. The lowest BCUT2D eigenvalue weighted by Gasteiger charge is -2.49. The van der Waals surface area contributed by atoms with Gasteiger partial charge in [0.15, 0.2) is 0 Å². The molecule has 2 aliphatic carbocycles. The normalized spacial score (nSPS) is 42.5. The molecule has 0 aromatic rings. The molecule has 1 aliphatic heterocycles. The van der Waals surface area contributed by atoms with Gasteiger partial charge >= 0.3 is 0 Å². The van der Waals surface area contributed by atoms with Crippen molar-refractivity contribution in [3.63, 3.8) is 0 Å². The van der Waals surface area contributed by atoms with E-state index in [1.807, 2.05) is 0 Å². The Hall–Kier alpha value is -0.0800. The molecular formula is C16H30N2. The van der Waals surface area contributed by atoms with Crippen LogP contribution in [0.25, 0.3) is 0 Å². The lowest BCUT2D eigenvalue weighted by atomic mass is 9.76. The molecule has 1 heterocycles. The van der Waals surface area contributed by atoms with E-state index in [-0.39, 0.29) is 0 Å². The van der Waals surface area contributed by atoms with E-state index in [0.29, 0.717) is 0 Å². The van der Waals surface area contributed by atoms with Crippen molar-refractivity contribution in [3.05, 3.63) is 0 Å². The number of nitrogens with zero attached hydrogens (tertiary/aromatic N) is 1. The molecule has 2 saturated carbocycles. The maximum Gasteiger partial charge on any atom is 0.0126 e. The minimum atomic E-state index is 0.799. The number of hydrogen-bond donors (Lipinski definition) is 1. The van der Waals surface area contributed by atoms with E-state index < -0.39 is 0 Å². The molecule has 3 aliphatic rings. The van der Waals surface area contributed by atoms with Crippen molar-refractivity contribution in [2.24, 2.45) is 5.92 Å². The average Bonchev–Trinajstić information content (AvgIpc) is 2.47. The molecule has 0 aromatic heterocycles. The summed E-state index contributed by atoms with van der Waals surface area (Å²) in [6, 6.07) is 2.68. The largest absolute Gasteiger partial charge is 0.317 e. The highest BCUT2D eigenvalue weighted by Gasteiger charge is 2.37. The molecule has 3 rings (SSSR count). The molecule has 2 atom stereocenters. The SMILES string of the molecule is CNC1CCC(N2CCCC3CCCCC32)CC1. The average molecular weight is 250 g/mol. The van der Waals surface area contributed by atoms with Crippen LogP contribution in [-0.2, 0) is 0 Å². The quantitative estimate of drug-likeness (QED) is 0.810. The van der Waals surface area contributed by atoms with Gasteiger partial charge < -0.3 is 5.32 Å². The summed E-state index contributed by atoms with van der Waals surface area (Å²) in [4.78, 5) is 2.94. The van der Waals surface area contributed by atoms with Crippen molar-refractivity contribution in [1.82, 2.24) is 10.2 Å². The maximum atomic E-state index is 3.47. The van der Waals surface area contributed by atoms with Crippen LogP contribution in [0.3, 0.4) is 0 Å². The summed E-state index contributed by atoms with van der Waals surface area (Å²) in [5, 5.41) is 3.47. The third-order valence-corrected chi connectivity index (χ3v) is 5.86. The van der Waals surface area contributed by atoms with Gasteiger partial charge in [-0.1, -0.05) is 12.8 Å². The van der Waals surface area contributed by atoms with Crippen molar-refractivity contribution in [2.45, 2.75) is 82.3 Å². The molecule has 2 unspecified atom stereocenters. The van der Waals surface area contributed by atoms with Gasteiger partial charge in [0.1, 0.15) is 0 Å². The molecule has 3 fully saturated rings. The summed E-state index contributed by atoms with van der Waals surface area (Å²) in [6.45, 7) is 1.40. The Morgan fingerprint density at radius 3 is 2.33 bits per heavy atom. The Balaban J connectivity index is 1.60. The van der Waals surface area contributed by atoms with Gasteiger partial charge in [0, 0.05) is 18.1 Å². The van der Waals surface area contributed by atoms with E-state index in [2.05, 4.69) is 17.3 Å². The van der Waals surface area contributed by atoms with Crippen LogP contribution in [0.2, 0.25) is 0 Å². The van der Waals surface area contributed by atoms with Gasteiger partial charge in [0.2, 0.25) is 0 Å². The number of fused-ring (bicyclic) bond motifs is 1. The Morgan fingerprint density at radius 1 is 0.833 bits per heavy atom. The summed E-state index contributed by atoms with van der Waals surface area (Å²) in [5.74, 6) is 1.05. The van der Waals surface area contributed by atoms with Gasteiger partial charge in [-0.25, -0.2) is 0 Å². The monoisotopic (exact) mass is 250 g/mol. The van der Waals surface area contributed by atoms with Gasteiger partial charge in [-0.3, -0.25) is 4.90 Å². The van der Waals surface area contributed by atoms with Crippen LogP contribution in [-0.4, -0.2) is 36.6 Å². The molecule has 0 radical (unpaired) electrons. The Labute approximate surface area is 113 Å². The van der Waals surface area contributed by atoms with E-state index in [1.54, 1.807) is 0 Å². The van der Waals surface area contributed by atoms with Crippen LogP contribution in [0.4, 0.5) is 0 Å². The highest BCUT2D eigenvalue weighted by molar-refractivity contribution is 4.92. The van der Waals surface area contributed by atoms with Crippen LogP contribution >= 0.6 is 0 Å². The Morgan fingerprint density at radius 2 is 1.56 bits per heavy atom. The van der Waals surface area contributed by atoms with E-state index >= 15 is 0 Å². The summed E-state index contributed by atoms with van der Waals surface area (Å²) < 4.78 is 0. The summed E-state index contributed by atoms with van der Waals surface area (Å²) in [6.07, 6.45) is 14.7. The predicted octanol–water partition coefficient (Wildman–Crippen LogP) is 3.17. The van der Waals surface area contributed by atoms with Crippen molar-refractivity contribution >= 4 is 0 Å². The van der Waals surface area contributed by atoms with E-state index in [9.17, 15) is 0 Å². The molecule has 18 heavy (non-hydrogen) atoms. The highest BCUT2D eigenvalue weighted by Crippen LogP contribution is 2.38.